The number of nitrogens with one attached hydrogen (secondary N) is 1. The standard InChI is InChI=1S/C24H25BrN2O3/c1-3-13-30-23-16-21(25)19(15-22(23)29-4-2)14-20(17-26)24(28)27-12-8-11-18-9-6-5-7-10-18/h3,5-7,9-10,14-16H,1,4,8,11-13H2,2H3,(H,27,28)/b20-14-. The second kappa shape index (κ2) is 12.5. The molecule has 0 atom stereocenters. The number of nitrogens with zero attached hydrogens (tertiary/aromatic N) is 1. The largest absolute Gasteiger partial charge is 0.490 e. The quantitative estimate of drug-likeness (QED) is 0.216. The number of hydrogen-bond donors (Lipinski definition) is 1. The Morgan fingerprint density at radius 1 is 1.23 bits per heavy atom. The number of benzene rings is 2. The van der Waals surface area contributed by atoms with Crippen LogP contribution < -0.4 is 14.8 Å². The van der Waals surface area contributed by atoms with Gasteiger partial charge in [-0.25, -0.2) is 0 Å². The Balaban J connectivity index is 2.07. The normalized spacial score (nSPS) is 10.8. The molecular formula is C24H25BrN2O3. The molecule has 0 saturated carbocycles. The minimum Gasteiger partial charge on any atom is -0.490 e. The molecule has 5 nitrogen and oxygen atoms in total. The maximum atomic E-state index is 12.4. The predicted molar refractivity (Wildman–Crippen MR) is 122 cm³/mol. The number of aryl methyl sites for hydroxylation is 1. The second-order valence-corrected chi connectivity index (χ2v) is 7.22. The summed E-state index contributed by atoms with van der Waals surface area (Å²) in [5.74, 6) is 0.696. The lowest BCUT2D eigenvalue weighted by Gasteiger charge is -2.13. The molecule has 0 aliphatic carbocycles. The molecule has 6 heteroatoms. The van der Waals surface area contributed by atoms with Gasteiger partial charge in [-0.05, 0) is 49.1 Å². The summed E-state index contributed by atoms with van der Waals surface area (Å²) >= 11 is 3.47. The highest BCUT2D eigenvalue weighted by Crippen LogP contribution is 2.35. The molecule has 0 fully saturated rings. The van der Waals surface area contributed by atoms with E-state index in [1.165, 1.54) is 11.6 Å². The fourth-order valence-electron chi connectivity index (χ4n) is 2.73. The lowest BCUT2D eigenvalue weighted by Crippen LogP contribution is -2.25. The van der Waals surface area contributed by atoms with E-state index >= 15 is 0 Å². The summed E-state index contributed by atoms with van der Waals surface area (Å²) in [7, 11) is 0. The van der Waals surface area contributed by atoms with Gasteiger partial charge in [-0.2, -0.15) is 5.26 Å². The van der Waals surface area contributed by atoms with Crippen molar-refractivity contribution in [2.24, 2.45) is 0 Å². The van der Waals surface area contributed by atoms with E-state index in [1.807, 2.05) is 31.2 Å². The van der Waals surface area contributed by atoms with Gasteiger partial charge in [0.1, 0.15) is 18.2 Å². The summed E-state index contributed by atoms with van der Waals surface area (Å²) in [6.45, 7) is 6.81. The van der Waals surface area contributed by atoms with Gasteiger partial charge in [0.15, 0.2) is 11.5 Å². The zero-order valence-electron chi connectivity index (χ0n) is 17.0. The highest BCUT2D eigenvalue weighted by Gasteiger charge is 2.13. The van der Waals surface area contributed by atoms with Crippen molar-refractivity contribution in [3.63, 3.8) is 0 Å². The SMILES string of the molecule is C=CCOc1cc(Br)c(/C=C(/C#N)C(=O)NCCCc2ccccc2)cc1OCC. The third-order valence-electron chi connectivity index (χ3n) is 4.16. The number of ether oxygens (including phenoxy) is 2. The molecule has 2 rings (SSSR count). The van der Waals surface area contributed by atoms with E-state index in [0.717, 1.165) is 12.8 Å². The number of nitriles is 1. The average Bonchev–Trinajstić information content (AvgIpc) is 2.76. The molecule has 0 saturated heterocycles. The summed E-state index contributed by atoms with van der Waals surface area (Å²) < 4.78 is 11.9. The van der Waals surface area contributed by atoms with Gasteiger partial charge in [-0.3, -0.25) is 4.79 Å². The minimum atomic E-state index is -0.401. The van der Waals surface area contributed by atoms with Crippen molar-refractivity contribution in [2.45, 2.75) is 19.8 Å². The summed E-state index contributed by atoms with van der Waals surface area (Å²) in [5, 5.41) is 12.3. The molecule has 1 N–H and O–H groups in total. The van der Waals surface area contributed by atoms with Gasteiger partial charge in [0, 0.05) is 11.0 Å². The molecule has 2 aromatic rings. The molecule has 0 heterocycles. The number of hydrogen-bond acceptors (Lipinski definition) is 4. The molecular weight excluding hydrogens is 444 g/mol. The topological polar surface area (TPSA) is 71.3 Å². The molecule has 0 unspecified atom stereocenters. The van der Waals surface area contributed by atoms with Crippen LogP contribution in [0.4, 0.5) is 0 Å². The first-order valence-corrected chi connectivity index (χ1v) is 10.5. The van der Waals surface area contributed by atoms with Gasteiger partial charge < -0.3 is 14.8 Å². The van der Waals surface area contributed by atoms with Crippen molar-refractivity contribution in [3.8, 4) is 17.6 Å². The Hall–Kier alpha value is -3.04. The van der Waals surface area contributed by atoms with Gasteiger partial charge in [0.2, 0.25) is 0 Å². The molecule has 0 spiro atoms. The maximum Gasteiger partial charge on any atom is 0.261 e. The van der Waals surface area contributed by atoms with Crippen LogP contribution in [0.1, 0.15) is 24.5 Å². The molecule has 0 bridgehead atoms. The molecule has 1 amide bonds. The zero-order valence-corrected chi connectivity index (χ0v) is 18.6. The first kappa shape index (κ1) is 23.2. The summed E-state index contributed by atoms with van der Waals surface area (Å²) in [6.07, 6.45) is 4.84. The first-order valence-electron chi connectivity index (χ1n) is 9.73. The van der Waals surface area contributed by atoms with Crippen molar-refractivity contribution in [2.75, 3.05) is 19.8 Å². The fraction of sp³-hybridized carbons (Fsp3) is 0.250. The van der Waals surface area contributed by atoms with E-state index in [9.17, 15) is 10.1 Å². The van der Waals surface area contributed by atoms with E-state index in [4.69, 9.17) is 9.47 Å². The van der Waals surface area contributed by atoms with E-state index in [-0.39, 0.29) is 5.57 Å². The molecule has 0 aliphatic rings. The predicted octanol–water partition coefficient (Wildman–Crippen LogP) is 5.07. The van der Waals surface area contributed by atoms with Crippen LogP contribution in [0.3, 0.4) is 0 Å². The molecule has 0 aromatic heterocycles. The minimum absolute atomic E-state index is 0.0256. The molecule has 0 radical (unpaired) electrons. The Morgan fingerprint density at radius 3 is 2.63 bits per heavy atom. The summed E-state index contributed by atoms with van der Waals surface area (Å²) in [5.41, 5.74) is 1.90. The van der Waals surface area contributed by atoms with E-state index in [1.54, 1.807) is 18.2 Å². The van der Waals surface area contributed by atoms with E-state index < -0.39 is 5.91 Å². The highest BCUT2D eigenvalue weighted by molar-refractivity contribution is 9.10. The second-order valence-electron chi connectivity index (χ2n) is 6.37. The Kier molecular flexibility index (Phi) is 9.69. The molecule has 156 valence electrons. The van der Waals surface area contributed by atoms with Crippen LogP contribution in [-0.2, 0) is 11.2 Å². The van der Waals surface area contributed by atoms with Crippen molar-refractivity contribution >= 4 is 27.9 Å². The van der Waals surface area contributed by atoms with Crippen LogP contribution in [-0.4, -0.2) is 25.7 Å². The van der Waals surface area contributed by atoms with Crippen molar-refractivity contribution in [1.29, 1.82) is 5.26 Å². The molecule has 30 heavy (non-hydrogen) atoms. The number of halogens is 1. The lowest BCUT2D eigenvalue weighted by atomic mass is 10.1. The fourth-order valence-corrected chi connectivity index (χ4v) is 3.17. The number of carbonyl (C=O) groups excluding carboxylic acids is 1. The lowest BCUT2D eigenvalue weighted by molar-refractivity contribution is -0.117. The van der Waals surface area contributed by atoms with Crippen LogP contribution >= 0.6 is 15.9 Å². The maximum absolute atomic E-state index is 12.4. The molecule has 2 aromatic carbocycles. The van der Waals surface area contributed by atoms with Crippen LogP contribution in [0.2, 0.25) is 0 Å². The number of amides is 1. The van der Waals surface area contributed by atoms with Crippen molar-refractivity contribution in [1.82, 2.24) is 5.32 Å². The zero-order chi connectivity index (χ0) is 21.8. The smallest absolute Gasteiger partial charge is 0.261 e. The Morgan fingerprint density at radius 2 is 1.97 bits per heavy atom. The number of rotatable bonds is 11. The van der Waals surface area contributed by atoms with Gasteiger partial charge in [0.25, 0.3) is 5.91 Å². The highest BCUT2D eigenvalue weighted by atomic mass is 79.9. The van der Waals surface area contributed by atoms with E-state index in [2.05, 4.69) is 40.0 Å². The monoisotopic (exact) mass is 468 g/mol. The third kappa shape index (κ3) is 7.09. The Bertz CT molecular complexity index is 933. The average molecular weight is 469 g/mol. The van der Waals surface area contributed by atoms with Gasteiger partial charge in [0.05, 0.1) is 6.61 Å². The van der Waals surface area contributed by atoms with Gasteiger partial charge >= 0.3 is 0 Å². The van der Waals surface area contributed by atoms with Crippen LogP contribution in [0, 0.1) is 11.3 Å². The number of carbonyl (C=O) groups is 1. The summed E-state index contributed by atoms with van der Waals surface area (Å²) in [6, 6.07) is 15.5. The summed E-state index contributed by atoms with van der Waals surface area (Å²) in [4.78, 5) is 12.4. The van der Waals surface area contributed by atoms with E-state index in [0.29, 0.717) is 41.3 Å². The van der Waals surface area contributed by atoms with Crippen molar-refractivity contribution < 1.29 is 14.3 Å². The molecule has 0 aliphatic heterocycles. The third-order valence-corrected chi connectivity index (χ3v) is 4.84. The van der Waals surface area contributed by atoms with Gasteiger partial charge in [-0.1, -0.05) is 58.9 Å². The Labute approximate surface area is 186 Å². The van der Waals surface area contributed by atoms with Crippen molar-refractivity contribution in [3.05, 3.63) is 76.3 Å². The van der Waals surface area contributed by atoms with Crippen LogP contribution in [0.25, 0.3) is 6.08 Å². The first-order chi connectivity index (χ1) is 14.6. The van der Waals surface area contributed by atoms with Crippen LogP contribution in [0.15, 0.2) is 65.2 Å². The van der Waals surface area contributed by atoms with Crippen LogP contribution in [0.5, 0.6) is 11.5 Å². The van der Waals surface area contributed by atoms with Gasteiger partial charge in [-0.15, -0.1) is 0 Å².